The molecular formula is C13H23N3O2. The van der Waals surface area contributed by atoms with Crippen molar-refractivity contribution in [2.75, 3.05) is 13.1 Å². The van der Waals surface area contributed by atoms with Crippen LogP contribution in [0.25, 0.3) is 0 Å². The van der Waals surface area contributed by atoms with Gasteiger partial charge in [-0.3, -0.25) is 0 Å². The van der Waals surface area contributed by atoms with Gasteiger partial charge in [-0.25, -0.2) is 4.79 Å². The maximum absolute atomic E-state index is 11.3. The largest absolute Gasteiger partial charge is 0.444 e. The van der Waals surface area contributed by atoms with Gasteiger partial charge in [-0.05, 0) is 32.9 Å². The molecule has 102 valence electrons. The fraction of sp³-hybridized carbons (Fsp3) is 0.462. The van der Waals surface area contributed by atoms with Crippen LogP contribution in [-0.2, 0) is 4.74 Å². The Morgan fingerprint density at radius 1 is 1.22 bits per heavy atom. The SMILES string of the molecule is C=C(N)/C=C\C(=C)NCCNC(=O)OC(C)(C)C. The molecule has 0 spiro atoms. The summed E-state index contributed by atoms with van der Waals surface area (Å²) < 4.78 is 5.08. The van der Waals surface area contributed by atoms with Crippen LogP contribution >= 0.6 is 0 Å². The minimum Gasteiger partial charge on any atom is -0.444 e. The van der Waals surface area contributed by atoms with E-state index < -0.39 is 11.7 Å². The summed E-state index contributed by atoms with van der Waals surface area (Å²) in [5.74, 6) is 0. The lowest BCUT2D eigenvalue weighted by Gasteiger charge is -2.19. The van der Waals surface area contributed by atoms with E-state index in [0.29, 0.717) is 24.5 Å². The number of alkyl carbamates (subject to hydrolysis) is 1. The minimum atomic E-state index is -0.481. The summed E-state index contributed by atoms with van der Waals surface area (Å²) in [7, 11) is 0. The second-order valence-corrected chi connectivity index (χ2v) is 4.79. The smallest absolute Gasteiger partial charge is 0.407 e. The van der Waals surface area contributed by atoms with Gasteiger partial charge in [0.15, 0.2) is 0 Å². The van der Waals surface area contributed by atoms with E-state index in [-0.39, 0.29) is 0 Å². The predicted molar refractivity (Wildman–Crippen MR) is 73.8 cm³/mol. The monoisotopic (exact) mass is 253 g/mol. The molecule has 0 rings (SSSR count). The van der Waals surface area contributed by atoms with Gasteiger partial charge in [0.1, 0.15) is 5.60 Å². The van der Waals surface area contributed by atoms with E-state index >= 15 is 0 Å². The van der Waals surface area contributed by atoms with Crippen molar-refractivity contribution in [2.45, 2.75) is 26.4 Å². The Hall–Kier alpha value is -1.91. The van der Waals surface area contributed by atoms with Gasteiger partial charge in [-0.15, -0.1) is 0 Å². The highest BCUT2D eigenvalue weighted by molar-refractivity contribution is 5.67. The van der Waals surface area contributed by atoms with Crippen molar-refractivity contribution >= 4 is 6.09 Å². The van der Waals surface area contributed by atoms with E-state index in [1.54, 1.807) is 12.2 Å². The molecule has 0 aromatic heterocycles. The van der Waals surface area contributed by atoms with Gasteiger partial charge < -0.3 is 21.1 Å². The van der Waals surface area contributed by atoms with Gasteiger partial charge in [0.2, 0.25) is 0 Å². The van der Waals surface area contributed by atoms with Crippen LogP contribution in [0.1, 0.15) is 20.8 Å². The molecule has 0 saturated carbocycles. The summed E-state index contributed by atoms with van der Waals surface area (Å²) >= 11 is 0. The Morgan fingerprint density at radius 3 is 2.28 bits per heavy atom. The Kier molecular flexibility index (Phi) is 6.63. The summed E-state index contributed by atoms with van der Waals surface area (Å²) in [5, 5.41) is 5.64. The number of hydrogen-bond donors (Lipinski definition) is 3. The second kappa shape index (κ2) is 7.42. The van der Waals surface area contributed by atoms with E-state index in [9.17, 15) is 4.79 Å². The summed E-state index contributed by atoms with van der Waals surface area (Å²) in [4.78, 5) is 11.3. The minimum absolute atomic E-state index is 0.430. The standard InChI is InChI=1S/C13H23N3O2/c1-10(14)6-7-11(2)15-8-9-16-12(17)18-13(3,4)5/h6-7,15H,1-2,8-9,14H2,3-5H3,(H,16,17)/b7-6-. The highest BCUT2D eigenvalue weighted by Crippen LogP contribution is 2.05. The number of hydrogen-bond acceptors (Lipinski definition) is 4. The summed E-state index contributed by atoms with van der Waals surface area (Å²) in [5.41, 5.74) is 6.05. The van der Waals surface area contributed by atoms with Crippen molar-refractivity contribution in [3.05, 3.63) is 36.7 Å². The normalized spacial score (nSPS) is 11.1. The molecule has 0 aliphatic heterocycles. The molecule has 5 heteroatoms. The lowest BCUT2D eigenvalue weighted by Crippen LogP contribution is -2.36. The first-order valence-corrected chi connectivity index (χ1v) is 5.73. The van der Waals surface area contributed by atoms with E-state index in [1.807, 2.05) is 20.8 Å². The van der Waals surface area contributed by atoms with Crippen molar-refractivity contribution in [3.8, 4) is 0 Å². The quantitative estimate of drug-likeness (QED) is 0.497. The maximum atomic E-state index is 11.3. The van der Waals surface area contributed by atoms with Crippen molar-refractivity contribution in [2.24, 2.45) is 5.73 Å². The van der Waals surface area contributed by atoms with E-state index in [1.165, 1.54) is 0 Å². The lowest BCUT2D eigenvalue weighted by molar-refractivity contribution is 0.0528. The van der Waals surface area contributed by atoms with Crippen LogP contribution in [0.2, 0.25) is 0 Å². The fourth-order valence-electron chi connectivity index (χ4n) is 0.968. The number of amides is 1. The Labute approximate surface area is 109 Å². The summed E-state index contributed by atoms with van der Waals surface area (Å²) in [6, 6.07) is 0. The van der Waals surface area contributed by atoms with Crippen LogP contribution in [0.15, 0.2) is 36.7 Å². The fourth-order valence-corrected chi connectivity index (χ4v) is 0.968. The van der Waals surface area contributed by atoms with Crippen molar-refractivity contribution in [1.29, 1.82) is 0 Å². The Balaban J connectivity index is 3.71. The third-order valence-electron chi connectivity index (χ3n) is 1.64. The lowest BCUT2D eigenvalue weighted by atomic mass is 10.2. The Bertz CT molecular complexity index is 341. The zero-order valence-corrected chi connectivity index (χ0v) is 11.4. The number of nitrogens with two attached hydrogens (primary N) is 1. The number of carbonyl (C=O) groups excluding carboxylic acids is 1. The highest BCUT2D eigenvalue weighted by atomic mass is 16.6. The van der Waals surface area contributed by atoms with Gasteiger partial charge >= 0.3 is 6.09 Å². The molecule has 0 radical (unpaired) electrons. The first-order chi connectivity index (χ1) is 8.20. The summed E-state index contributed by atoms with van der Waals surface area (Å²) in [6.07, 6.45) is 2.94. The van der Waals surface area contributed by atoms with Gasteiger partial charge in [0.25, 0.3) is 0 Å². The van der Waals surface area contributed by atoms with Crippen LogP contribution in [0.4, 0.5) is 4.79 Å². The number of carbonyl (C=O) groups is 1. The van der Waals surface area contributed by atoms with Crippen LogP contribution in [-0.4, -0.2) is 24.8 Å². The molecule has 0 aliphatic rings. The Morgan fingerprint density at radius 2 is 1.78 bits per heavy atom. The number of ether oxygens (including phenoxy) is 1. The highest BCUT2D eigenvalue weighted by Gasteiger charge is 2.15. The average Bonchev–Trinajstić information content (AvgIpc) is 2.19. The molecule has 0 heterocycles. The van der Waals surface area contributed by atoms with Crippen molar-refractivity contribution in [3.63, 3.8) is 0 Å². The number of allylic oxidation sites excluding steroid dienone is 2. The van der Waals surface area contributed by atoms with E-state index in [2.05, 4.69) is 23.8 Å². The van der Waals surface area contributed by atoms with Crippen LogP contribution in [0.3, 0.4) is 0 Å². The van der Waals surface area contributed by atoms with Crippen molar-refractivity contribution < 1.29 is 9.53 Å². The molecule has 0 aliphatic carbocycles. The molecule has 0 fully saturated rings. The van der Waals surface area contributed by atoms with Crippen LogP contribution in [0, 0.1) is 0 Å². The van der Waals surface area contributed by atoms with E-state index in [0.717, 1.165) is 0 Å². The maximum Gasteiger partial charge on any atom is 0.407 e. The molecule has 0 aromatic rings. The van der Waals surface area contributed by atoms with Crippen LogP contribution in [0.5, 0.6) is 0 Å². The third-order valence-corrected chi connectivity index (χ3v) is 1.64. The molecule has 0 bridgehead atoms. The first kappa shape index (κ1) is 16.1. The third kappa shape index (κ3) is 10.6. The summed E-state index contributed by atoms with van der Waals surface area (Å²) in [6.45, 7) is 13.7. The molecule has 5 nitrogen and oxygen atoms in total. The second-order valence-electron chi connectivity index (χ2n) is 4.79. The molecule has 0 saturated heterocycles. The van der Waals surface area contributed by atoms with Gasteiger partial charge in [0.05, 0.1) is 0 Å². The molecule has 0 unspecified atom stereocenters. The van der Waals surface area contributed by atoms with Gasteiger partial charge in [-0.2, -0.15) is 0 Å². The topological polar surface area (TPSA) is 76.4 Å². The molecular weight excluding hydrogens is 230 g/mol. The number of nitrogens with one attached hydrogen (secondary N) is 2. The van der Waals surface area contributed by atoms with E-state index in [4.69, 9.17) is 10.5 Å². The molecule has 1 amide bonds. The molecule has 4 N–H and O–H groups in total. The molecule has 0 aromatic carbocycles. The van der Waals surface area contributed by atoms with Gasteiger partial charge in [0, 0.05) is 24.5 Å². The molecule has 18 heavy (non-hydrogen) atoms. The van der Waals surface area contributed by atoms with Gasteiger partial charge in [-0.1, -0.05) is 13.2 Å². The number of rotatable bonds is 6. The zero-order valence-electron chi connectivity index (χ0n) is 11.4. The van der Waals surface area contributed by atoms with Crippen molar-refractivity contribution in [1.82, 2.24) is 10.6 Å². The molecule has 0 atom stereocenters. The zero-order chi connectivity index (χ0) is 14.2. The average molecular weight is 253 g/mol. The van der Waals surface area contributed by atoms with Crippen LogP contribution < -0.4 is 16.4 Å². The predicted octanol–water partition coefficient (Wildman–Crippen LogP) is 1.64. The first-order valence-electron chi connectivity index (χ1n) is 5.73.